The van der Waals surface area contributed by atoms with Crippen molar-refractivity contribution in [2.75, 3.05) is 24.4 Å². The van der Waals surface area contributed by atoms with E-state index in [-0.39, 0.29) is 18.4 Å². The van der Waals surface area contributed by atoms with Gasteiger partial charge in [0.1, 0.15) is 0 Å². The van der Waals surface area contributed by atoms with Crippen LogP contribution in [0.5, 0.6) is 11.5 Å². The van der Waals surface area contributed by atoms with Crippen LogP contribution in [-0.4, -0.2) is 25.5 Å². The summed E-state index contributed by atoms with van der Waals surface area (Å²) in [5.74, 6) is 0.419. The third-order valence-corrected chi connectivity index (χ3v) is 4.30. The highest BCUT2D eigenvalue weighted by atomic mass is 35.5. The standard InChI is InChI=1S/C22H19ClN2O4/c1-28-19-8-4-5-9-20(19)29-14-21(26)24-15-10-12-16(13-11-15)25-22(27)17-6-2-3-7-18(17)23/h2-13H,14H2,1H3,(H,24,26)(H,25,27). The van der Waals surface area contributed by atoms with Crippen molar-refractivity contribution >= 4 is 34.8 Å². The van der Waals surface area contributed by atoms with Crippen LogP contribution in [-0.2, 0) is 4.79 Å². The van der Waals surface area contributed by atoms with Crippen LogP contribution in [0.15, 0.2) is 72.8 Å². The molecule has 3 rings (SSSR count). The highest BCUT2D eigenvalue weighted by molar-refractivity contribution is 6.34. The smallest absolute Gasteiger partial charge is 0.262 e. The number of halogens is 1. The number of anilines is 2. The molecule has 0 unspecified atom stereocenters. The number of nitrogens with one attached hydrogen (secondary N) is 2. The monoisotopic (exact) mass is 410 g/mol. The van der Waals surface area contributed by atoms with Crippen LogP contribution >= 0.6 is 11.6 Å². The Morgan fingerprint density at radius 2 is 1.41 bits per heavy atom. The predicted molar refractivity (Wildman–Crippen MR) is 113 cm³/mol. The second-order valence-electron chi connectivity index (χ2n) is 6.00. The Morgan fingerprint density at radius 1 is 0.828 bits per heavy atom. The summed E-state index contributed by atoms with van der Waals surface area (Å²) < 4.78 is 10.7. The normalized spacial score (nSPS) is 10.1. The van der Waals surface area contributed by atoms with Gasteiger partial charge in [0.15, 0.2) is 18.1 Å². The van der Waals surface area contributed by atoms with E-state index in [1.165, 1.54) is 7.11 Å². The summed E-state index contributed by atoms with van der Waals surface area (Å²) in [5.41, 5.74) is 1.55. The lowest BCUT2D eigenvalue weighted by molar-refractivity contribution is -0.118. The van der Waals surface area contributed by atoms with Gasteiger partial charge in [0, 0.05) is 11.4 Å². The van der Waals surface area contributed by atoms with Crippen molar-refractivity contribution in [1.29, 1.82) is 0 Å². The highest BCUT2D eigenvalue weighted by Crippen LogP contribution is 2.25. The largest absolute Gasteiger partial charge is 0.493 e. The van der Waals surface area contributed by atoms with E-state index in [4.69, 9.17) is 21.1 Å². The van der Waals surface area contributed by atoms with E-state index in [0.29, 0.717) is 33.5 Å². The fourth-order valence-corrected chi connectivity index (χ4v) is 2.78. The van der Waals surface area contributed by atoms with E-state index in [2.05, 4.69) is 10.6 Å². The van der Waals surface area contributed by atoms with Crippen molar-refractivity contribution in [3.05, 3.63) is 83.4 Å². The summed E-state index contributed by atoms with van der Waals surface area (Å²) in [6.45, 7) is -0.161. The molecule has 7 heteroatoms. The molecule has 0 saturated carbocycles. The van der Waals surface area contributed by atoms with Gasteiger partial charge >= 0.3 is 0 Å². The van der Waals surface area contributed by atoms with Crippen molar-refractivity contribution in [1.82, 2.24) is 0 Å². The summed E-state index contributed by atoms with van der Waals surface area (Å²) in [7, 11) is 1.54. The van der Waals surface area contributed by atoms with Crippen molar-refractivity contribution in [3.63, 3.8) is 0 Å². The molecule has 6 nitrogen and oxygen atoms in total. The van der Waals surface area contributed by atoms with Gasteiger partial charge in [-0.3, -0.25) is 9.59 Å². The minimum Gasteiger partial charge on any atom is -0.493 e. The molecule has 148 valence electrons. The van der Waals surface area contributed by atoms with E-state index in [1.54, 1.807) is 66.7 Å². The van der Waals surface area contributed by atoms with E-state index in [9.17, 15) is 9.59 Å². The van der Waals surface area contributed by atoms with E-state index >= 15 is 0 Å². The van der Waals surface area contributed by atoms with Gasteiger partial charge in [-0.1, -0.05) is 35.9 Å². The maximum atomic E-state index is 12.3. The van der Waals surface area contributed by atoms with E-state index in [1.807, 2.05) is 6.07 Å². The maximum absolute atomic E-state index is 12.3. The second kappa shape index (κ2) is 9.61. The van der Waals surface area contributed by atoms with Gasteiger partial charge in [-0.25, -0.2) is 0 Å². The van der Waals surface area contributed by atoms with Crippen LogP contribution in [0.25, 0.3) is 0 Å². The molecule has 0 spiro atoms. The van der Waals surface area contributed by atoms with Gasteiger partial charge in [0.05, 0.1) is 17.7 Å². The number of amides is 2. The third-order valence-electron chi connectivity index (χ3n) is 3.97. The molecule has 0 aliphatic heterocycles. The molecule has 2 amide bonds. The molecule has 29 heavy (non-hydrogen) atoms. The highest BCUT2D eigenvalue weighted by Gasteiger charge is 2.10. The Labute approximate surface area is 173 Å². The fraction of sp³-hybridized carbons (Fsp3) is 0.0909. The summed E-state index contributed by atoms with van der Waals surface area (Å²) >= 11 is 6.03. The van der Waals surface area contributed by atoms with Gasteiger partial charge < -0.3 is 20.1 Å². The SMILES string of the molecule is COc1ccccc1OCC(=O)Nc1ccc(NC(=O)c2ccccc2Cl)cc1. The number of hydrogen-bond donors (Lipinski definition) is 2. The predicted octanol–water partition coefficient (Wildman–Crippen LogP) is 4.62. The van der Waals surface area contributed by atoms with Crippen LogP contribution in [0, 0.1) is 0 Å². The summed E-state index contributed by atoms with van der Waals surface area (Å²) in [6, 6.07) is 20.6. The van der Waals surface area contributed by atoms with Crippen molar-refractivity contribution in [3.8, 4) is 11.5 Å². The molecule has 0 fully saturated rings. The average molecular weight is 411 g/mol. The lowest BCUT2D eigenvalue weighted by Gasteiger charge is -2.11. The number of carbonyl (C=O) groups excluding carboxylic acids is 2. The average Bonchev–Trinajstić information content (AvgIpc) is 2.74. The van der Waals surface area contributed by atoms with Gasteiger partial charge in [0.25, 0.3) is 11.8 Å². The molecule has 0 aliphatic rings. The van der Waals surface area contributed by atoms with Crippen LogP contribution < -0.4 is 20.1 Å². The summed E-state index contributed by atoms with van der Waals surface area (Å²) in [6.07, 6.45) is 0. The number of ether oxygens (including phenoxy) is 2. The summed E-state index contributed by atoms with van der Waals surface area (Å²) in [4.78, 5) is 24.4. The second-order valence-corrected chi connectivity index (χ2v) is 6.41. The number of carbonyl (C=O) groups is 2. The molecule has 0 heterocycles. The first-order valence-corrected chi connectivity index (χ1v) is 9.16. The van der Waals surface area contributed by atoms with Crippen LogP contribution in [0.4, 0.5) is 11.4 Å². The Balaban J connectivity index is 1.54. The molecule has 0 aromatic heterocycles. The topological polar surface area (TPSA) is 76.7 Å². The van der Waals surface area contributed by atoms with Gasteiger partial charge in [-0.2, -0.15) is 0 Å². The fourth-order valence-electron chi connectivity index (χ4n) is 2.56. The first kappa shape index (κ1) is 20.2. The quantitative estimate of drug-likeness (QED) is 0.596. The van der Waals surface area contributed by atoms with Crippen molar-refractivity contribution in [2.45, 2.75) is 0 Å². The molecule has 0 atom stereocenters. The van der Waals surface area contributed by atoms with E-state index in [0.717, 1.165) is 0 Å². The number of rotatable bonds is 7. The zero-order chi connectivity index (χ0) is 20.6. The van der Waals surface area contributed by atoms with Crippen LogP contribution in [0.3, 0.4) is 0 Å². The molecule has 0 saturated heterocycles. The minimum absolute atomic E-state index is 0.161. The van der Waals surface area contributed by atoms with E-state index < -0.39 is 0 Å². The first-order valence-electron chi connectivity index (χ1n) is 8.78. The zero-order valence-corrected chi connectivity index (χ0v) is 16.4. The van der Waals surface area contributed by atoms with Crippen LogP contribution in [0.1, 0.15) is 10.4 Å². The molecule has 0 bridgehead atoms. The molecule has 3 aromatic rings. The van der Waals surface area contributed by atoms with Gasteiger partial charge in [-0.15, -0.1) is 0 Å². The number of hydrogen-bond acceptors (Lipinski definition) is 4. The van der Waals surface area contributed by atoms with Gasteiger partial charge in [0.2, 0.25) is 0 Å². The Hall–Kier alpha value is -3.51. The zero-order valence-electron chi connectivity index (χ0n) is 15.6. The molecule has 3 aromatic carbocycles. The molecular weight excluding hydrogens is 392 g/mol. The van der Waals surface area contributed by atoms with Crippen LogP contribution in [0.2, 0.25) is 5.02 Å². The minimum atomic E-state index is -0.316. The Kier molecular flexibility index (Phi) is 6.71. The molecule has 2 N–H and O–H groups in total. The number of benzene rings is 3. The van der Waals surface area contributed by atoms with Gasteiger partial charge in [-0.05, 0) is 48.5 Å². The lowest BCUT2D eigenvalue weighted by Crippen LogP contribution is -2.20. The Bertz CT molecular complexity index is 1010. The third kappa shape index (κ3) is 5.49. The molecular formula is C22H19ClN2O4. The van der Waals surface area contributed by atoms with Crippen molar-refractivity contribution in [2.24, 2.45) is 0 Å². The number of para-hydroxylation sites is 2. The number of methoxy groups -OCH3 is 1. The summed E-state index contributed by atoms with van der Waals surface area (Å²) in [5, 5.41) is 5.88. The lowest BCUT2D eigenvalue weighted by atomic mass is 10.2. The van der Waals surface area contributed by atoms with Crippen molar-refractivity contribution < 1.29 is 19.1 Å². The first-order chi connectivity index (χ1) is 14.1. The molecule has 0 aliphatic carbocycles. The maximum Gasteiger partial charge on any atom is 0.262 e. The molecule has 0 radical (unpaired) electrons. The Morgan fingerprint density at radius 3 is 2.07 bits per heavy atom.